The van der Waals surface area contributed by atoms with Gasteiger partial charge in [-0.1, -0.05) is 87.5 Å². The molecule has 0 unspecified atom stereocenters. The van der Waals surface area contributed by atoms with E-state index in [9.17, 15) is 4.79 Å². The number of hydrogen-bond acceptors (Lipinski definition) is 1. The minimum atomic E-state index is -0.0537. The Kier molecular flexibility index (Phi) is 5.46. The molecule has 138 valence electrons. The molecule has 1 amide bonds. The van der Waals surface area contributed by atoms with Gasteiger partial charge < -0.3 is 5.32 Å². The Labute approximate surface area is 162 Å². The standard InChI is InChI=1S/C25H27NO/c1-18(19-14-16-23(17-15-19)25(2,3)4)26-24(27)22-12-10-21(11-13-22)20-8-6-5-7-9-20/h5-18H,1-4H3,(H,26,27)/t18-/m1/s1. The number of rotatable bonds is 4. The molecule has 2 nitrogen and oxygen atoms in total. The summed E-state index contributed by atoms with van der Waals surface area (Å²) in [6.07, 6.45) is 0. The summed E-state index contributed by atoms with van der Waals surface area (Å²) in [5.74, 6) is -0.0537. The molecule has 0 radical (unpaired) electrons. The van der Waals surface area contributed by atoms with Crippen LogP contribution in [0.4, 0.5) is 0 Å². The Morgan fingerprint density at radius 2 is 1.33 bits per heavy atom. The number of benzene rings is 3. The number of hydrogen-bond donors (Lipinski definition) is 1. The van der Waals surface area contributed by atoms with Gasteiger partial charge >= 0.3 is 0 Å². The lowest BCUT2D eigenvalue weighted by molar-refractivity contribution is 0.0940. The molecule has 2 heteroatoms. The molecule has 1 N–H and O–H groups in total. The minimum absolute atomic E-state index is 0.0414. The van der Waals surface area contributed by atoms with E-state index in [1.54, 1.807) is 0 Å². The fourth-order valence-corrected chi connectivity index (χ4v) is 3.08. The summed E-state index contributed by atoms with van der Waals surface area (Å²) in [4.78, 5) is 12.6. The van der Waals surface area contributed by atoms with E-state index in [0.29, 0.717) is 5.56 Å². The van der Waals surface area contributed by atoms with E-state index in [0.717, 1.165) is 16.7 Å². The maximum absolute atomic E-state index is 12.6. The normalized spacial score (nSPS) is 12.4. The average Bonchev–Trinajstić information content (AvgIpc) is 2.68. The van der Waals surface area contributed by atoms with Gasteiger partial charge in [-0.3, -0.25) is 4.79 Å². The maximum atomic E-state index is 12.6. The molecule has 0 saturated heterocycles. The summed E-state index contributed by atoms with van der Waals surface area (Å²) in [7, 11) is 0. The molecule has 0 bridgehead atoms. The Balaban J connectivity index is 1.68. The Morgan fingerprint density at radius 3 is 1.89 bits per heavy atom. The van der Waals surface area contributed by atoms with Crippen LogP contribution in [0.15, 0.2) is 78.9 Å². The third-order valence-electron chi connectivity index (χ3n) is 4.88. The molecular formula is C25H27NO. The zero-order valence-electron chi connectivity index (χ0n) is 16.5. The minimum Gasteiger partial charge on any atom is -0.346 e. The zero-order valence-corrected chi connectivity index (χ0v) is 16.5. The molecule has 27 heavy (non-hydrogen) atoms. The van der Waals surface area contributed by atoms with Crippen LogP contribution in [0.1, 0.15) is 55.2 Å². The van der Waals surface area contributed by atoms with Gasteiger partial charge in [0.15, 0.2) is 0 Å². The van der Waals surface area contributed by atoms with Crippen LogP contribution in [0.5, 0.6) is 0 Å². The largest absolute Gasteiger partial charge is 0.346 e. The van der Waals surface area contributed by atoms with Gasteiger partial charge in [0.1, 0.15) is 0 Å². The second kappa shape index (κ2) is 7.79. The molecular weight excluding hydrogens is 330 g/mol. The first-order chi connectivity index (χ1) is 12.8. The summed E-state index contributed by atoms with van der Waals surface area (Å²) < 4.78 is 0. The Morgan fingerprint density at radius 1 is 0.778 bits per heavy atom. The van der Waals surface area contributed by atoms with Crippen LogP contribution < -0.4 is 5.32 Å². The third kappa shape index (κ3) is 4.65. The molecule has 3 aromatic rings. The van der Waals surface area contributed by atoms with Crippen LogP contribution in [0.2, 0.25) is 0 Å². The van der Waals surface area contributed by atoms with E-state index >= 15 is 0 Å². The van der Waals surface area contributed by atoms with E-state index in [-0.39, 0.29) is 17.4 Å². The van der Waals surface area contributed by atoms with Crippen molar-refractivity contribution in [2.75, 3.05) is 0 Å². The van der Waals surface area contributed by atoms with E-state index in [1.807, 2.05) is 49.4 Å². The number of carbonyl (C=O) groups is 1. The van der Waals surface area contributed by atoms with Crippen molar-refractivity contribution in [3.63, 3.8) is 0 Å². The molecule has 0 fully saturated rings. The monoisotopic (exact) mass is 357 g/mol. The molecule has 3 rings (SSSR count). The molecule has 0 aromatic heterocycles. The van der Waals surface area contributed by atoms with Crippen molar-refractivity contribution < 1.29 is 4.79 Å². The summed E-state index contributed by atoms with van der Waals surface area (Å²) in [6, 6.07) is 26.4. The molecule has 1 atom stereocenters. The van der Waals surface area contributed by atoms with Gasteiger partial charge in [-0.15, -0.1) is 0 Å². The first-order valence-corrected chi connectivity index (χ1v) is 9.41. The van der Waals surface area contributed by atoms with Crippen molar-refractivity contribution in [1.29, 1.82) is 0 Å². The molecule has 0 aliphatic rings. The van der Waals surface area contributed by atoms with E-state index in [1.165, 1.54) is 5.56 Å². The number of nitrogens with one attached hydrogen (secondary N) is 1. The first kappa shape index (κ1) is 18.9. The number of carbonyl (C=O) groups excluding carboxylic acids is 1. The predicted octanol–water partition coefficient (Wildman–Crippen LogP) is 6.14. The lowest BCUT2D eigenvalue weighted by Crippen LogP contribution is -2.26. The van der Waals surface area contributed by atoms with Gasteiger partial charge in [-0.25, -0.2) is 0 Å². The van der Waals surface area contributed by atoms with Gasteiger partial charge in [0, 0.05) is 5.56 Å². The summed E-state index contributed by atoms with van der Waals surface area (Å²) >= 11 is 0. The van der Waals surface area contributed by atoms with Crippen molar-refractivity contribution >= 4 is 5.91 Å². The SMILES string of the molecule is C[C@@H](NC(=O)c1ccc(-c2ccccc2)cc1)c1ccc(C(C)(C)C)cc1. The number of amides is 1. The molecule has 0 spiro atoms. The van der Waals surface area contributed by atoms with Crippen LogP contribution >= 0.6 is 0 Å². The second-order valence-corrected chi connectivity index (χ2v) is 8.01. The average molecular weight is 357 g/mol. The summed E-state index contributed by atoms with van der Waals surface area (Å²) in [5, 5.41) is 3.09. The zero-order chi connectivity index (χ0) is 19.4. The van der Waals surface area contributed by atoms with Gasteiger partial charge in [0.05, 0.1) is 6.04 Å². The van der Waals surface area contributed by atoms with Crippen LogP contribution in [-0.4, -0.2) is 5.91 Å². The summed E-state index contributed by atoms with van der Waals surface area (Å²) in [5.41, 5.74) is 5.46. The molecule has 0 heterocycles. The van der Waals surface area contributed by atoms with Crippen LogP contribution in [0.3, 0.4) is 0 Å². The lowest BCUT2D eigenvalue weighted by atomic mass is 9.86. The molecule has 0 aliphatic carbocycles. The Bertz CT molecular complexity index is 888. The smallest absolute Gasteiger partial charge is 0.251 e. The van der Waals surface area contributed by atoms with Crippen molar-refractivity contribution in [2.45, 2.75) is 39.2 Å². The van der Waals surface area contributed by atoms with Gasteiger partial charge in [0.25, 0.3) is 5.91 Å². The van der Waals surface area contributed by atoms with Crippen molar-refractivity contribution in [3.05, 3.63) is 95.6 Å². The van der Waals surface area contributed by atoms with Gasteiger partial charge in [-0.2, -0.15) is 0 Å². The highest BCUT2D eigenvalue weighted by atomic mass is 16.1. The predicted molar refractivity (Wildman–Crippen MR) is 113 cm³/mol. The first-order valence-electron chi connectivity index (χ1n) is 9.41. The van der Waals surface area contributed by atoms with Gasteiger partial charge in [0.2, 0.25) is 0 Å². The quantitative estimate of drug-likeness (QED) is 0.597. The third-order valence-corrected chi connectivity index (χ3v) is 4.88. The fraction of sp³-hybridized carbons (Fsp3) is 0.240. The van der Waals surface area contributed by atoms with Crippen LogP contribution in [0, 0.1) is 0 Å². The fourth-order valence-electron chi connectivity index (χ4n) is 3.08. The lowest BCUT2D eigenvalue weighted by Gasteiger charge is -2.20. The van der Waals surface area contributed by atoms with Gasteiger partial charge in [-0.05, 0) is 46.7 Å². The van der Waals surface area contributed by atoms with Crippen LogP contribution in [-0.2, 0) is 5.41 Å². The second-order valence-electron chi connectivity index (χ2n) is 8.01. The summed E-state index contributed by atoms with van der Waals surface area (Å²) in [6.45, 7) is 8.62. The highest BCUT2D eigenvalue weighted by Crippen LogP contribution is 2.24. The van der Waals surface area contributed by atoms with E-state index in [2.05, 4.69) is 62.5 Å². The maximum Gasteiger partial charge on any atom is 0.251 e. The highest BCUT2D eigenvalue weighted by molar-refractivity contribution is 5.94. The molecule has 0 saturated carbocycles. The van der Waals surface area contributed by atoms with E-state index < -0.39 is 0 Å². The molecule has 0 aliphatic heterocycles. The topological polar surface area (TPSA) is 29.1 Å². The van der Waals surface area contributed by atoms with Crippen LogP contribution in [0.25, 0.3) is 11.1 Å². The van der Waals surface area contributed by atoms with Crippen molar-refractivity contribution in [2.24, 2.45) is 0 Å². The van der Waals surface area contributed by atoms with Crippen molar-refractivity contribution in [1.82, 2.24) is 5.32 Å². The van der Waals surface area contributed by atoms with Crippen molar-refractivity contribution in [3.8, 4) is 11.1 Å². The van der Waals surface area contributed by atoms with E-state index in [4.69, 9.17) is 0 Å². The Hall–Kier alpha value is -2.87. The molecule has 3 aromatic carbocycles. The highest BCUT2D eigenvalue weighted by Gasteiger charge is 2.15.